The molecule has 0 spiro atoms. The third kappa shape index (κ3) is 4.73. The van der Waals surface area contributed by atoms with E-state index in [0.717, 1.165) is 11.1 Å². The topological polar surface area (TPSA) is 167 Å². The maximum Gasteiger partial charge on any atom is 0.233 e. The first-order valence-corrected chi connectivity index (χ1v) is 9.70. The summed E-state index contributed by atoms with van der Waals surface area (Å²) in [5.41, 5.74) is 7.94. The van der Waals surface area contributed by atoms with Crippen LogP contribution in [0, 0.1) is 0 Å². The lowest BCUT2D eigenvalue weighted by atomic mass is 9.94. The Balaban J connectivity index is 1.51. The zero-order valence-corrected chi connectivity index (χ0v) is 16.5. The largest absolute Gasteiger partial charge is 0.330 e. The summed E-state index contributed by atoms with van der Waals surface area (Å²) in [5, 5.41) is 26.6. The summed E-state index contributed by atoms with van der Waals surface area (Å²) in [6, 6.07) is 14.8. The number of fused-ring (bicyclic) bond motifs is 1. The van der Waals surface area contributed by atoms with Crippen LogP contribution < -0.4 is 16.4 Å². The van der Waals surface area contributed by atoms with E-state index >= 15 is 0 Å². The van der Waals surface area contributed by atoms with Gasteiger partial charge in [-0.25, -0.2) is 0 Å². The highest BCUT2D eigenvalue weighted by Crippen LogP contribution is 2.26. The molecule has 11 heteroatoms. The fourth-order valence-electron chi connectivity index (χ4n) is 3.29. The molecule has 2 amide bonds. The molecule has 4 aromatic rings. The minimum atomic E-state index is -0.361. The maximum absolute atomic E-state index is 12.9. The van der Waals surface area contributed by atoms with E-state index in [0.29, 0.717) is 29.9 Å². The molecule has 0 radical (unpaired) electrons. The van der Waals surface area contributed by atoms with Crippen molar-refractivity contribution in [1.82, 2.24) is 30.8 Å². The fourth-order valence-corrected chi connectivity index (χ4v) is 3.29. The second-order valence-electron chi connectivity index (χ2n) is 6.92. The lowest BCUT2D eigenvalue weighted by Crippen LogP contribution is -2.23. The first-order chi connectivity index (χ1) is 15.1. The molecule has 0 bridgehead atoms. The van der Waals surface area contributed by atoms with E-state index in [1.54, 1.807) is 18.2 Å². The average molecular weight is 419 g/mol. The zero-order valence-electron chi connectivity index (χ0n) is 16.5. The molecular formula is C20H21N9O2. The van der Waals surface area contributed by atoms with Crippen LogP contribution in [0.2, 0.25) is 0 Å². The van der Waals surface area contributed by atoms with Gasteiger partial charge in [0.1, 0.15) is 0 Å². The highest BCUT2D eigenvalue weighted by molar-refractivity contribution is 6.03. The van der Waals surface area contributed by atoms with E-state index in [9.17, 15) is 9.59 Å². The summed E-state index contributed by atoms with van der Waals surface area (Å²) < 4.78 is 0. The Labute approximate surface area is 176 Å². The van der Waals surface area contributed by atoms with E-state index in [-0.39, 0.29) is 30.0 Å². The number of carbonyl (C=O) groups excluding carboxylic acids is 2. The van der Waals surface area contributed by atoms with Crippen molar-refractivity contribution >= 4 is 34.2 Å². The number of H-pyrrole nitrogens is 2. The Morgan fingerprint density at radius 2 is 1.90 bits per heavy atom. The van der Waals surface area contributed by atoms with Gasteiger partial charge in [0.2, 0.25) is 11.8 Å². The Kier molecular flexibility index (Phi) is 5.94. The van der Waals surface area contributed by atoms with Gasteiger partial charge >= 0.3 is 0 Å². The van der Waals surface area contributed by atoms with Crippen molar-refractivity contribution < 1.29 is 9.59 Å². The number of nitrogens with zero attached hydrogens (tertiary/aromatic N) is 4. The Morgan fingerprint density at radius 3 is 2.65 bits per heavy atom. The number of nitrogens with two attached hydrogens (primary N) is 1. The number of tetrazole rings is 1. The first-order valence-electron chi connectivity index (χ1n) is 9.70. The number of aromatic nitrogens is 6. The molecule has 0 aliphatic carbocycles. The van der Waals surface area contributed by atoms with Crippen LogP contribution in [0.1, 0.15) is 23.7 Å². The maximum atomic E-state index is 12.9. The van der Waals surface area contributed by atoms with Gasteiger partial charge in [0.05, 0.1) is 17.9 Å². The highest BCUT2D eigenvalue weighted by atomic mass is 16.2. The number of hydrogen-bond donors (Lipinski definition) is 5. The molecule has 11 nitrogen and oxygen atoms in total. The van der Waals surface area contributed by atoms with Gasteiger partial charge in [0.15, 0.2) is 11.6 Å². The van der Waals surface area contributed by atoms with E-state index < -0.39 is 0 Å². The fraction of sp³-hybridized carbons (Fsp3) is 0.200. The van der Waals surface area contributed by atoms with E-state index in [1.165, 1.54) is 0 Å². The van der Waals surface area contributed by atoms with E-state index in [4.69, 9.17) is 5.73 Å². The molecule has 0 aliphatic heterocycles. The predicted octanol–water partition coefficient (Wildman–Crippen LogP) is 1.33. The van der Waals surface area contributed by atoms with Crippen LogP contribution in [0.4, 0.5) is 11.5 Å². The molecule has 1 atom stereocenters. The second-order valence-corrected chi connectivity index (χ2v) is 6.92. The van der Waals surface area contributed by atoms with Gasteiger partial charge in [0.25, 0.3) is 0 Å². The predicted molar refractivity (Wildman–Crippen MR) is 114 cm³/mol. The van der Waals surface area contributed by atoms with Crippen molar-refractivity contribution in [3.05, 3.63) is 59.9 Å². The zero-order chi connectivity index (χ0) is 21.6. The first kappa shape index (κ1) is 20.2. The minimum Gasteiger partial charge on any atom is -0.330 e. The molecule has 2 aromatic heterocycles. The number of rotatable bonds is 8. The van der Waals surface area contributed by atoms with Crippen LogP contribution >= 0.6 is 0 Å². The normalized spacial score (nSPS) is 11.9. The number of carbonyl (C=O) groups is 2. The van der Waals surface area contributed by atoms with Gasteiger partial charge in [-0.05, 0) is 36.7 Å². The second kappa shape index (κ2) is 9.13. The number of benzene rings is 2. The third-order valence-corrected chi connectivity index (χ3v) is 4.77. The van der Waals surface area contributed by atoms with Crippen molar-refractivity contribution in [3.8, 4) is 0 Å². The molecule has 158 valence electrons. The van der Waals surface area contributed by atoms with Crippen molar-refractivity contribution in [1.29, 1.82) is 0 Å². The van der Waals surface area contributed by atoms with Gasteiger partial charge in [-0.2, -0.15) is 10.3 Å². The molecule has 0 saturated carbocycles. The average Bonchev–Trinajstić information content (AvgIpc) is 3.42. The smallest absolute Gasteiger partial charge is 0.233 e. The summed E-state index contributed by atoms with van der Waals surface area (Å²) in [6.07, 6.45) is 0.486. The van der Waals surface area contributed by atoms with Crippen LogP contribution in [0.3, 0.4) is 0 Å². The number of aromatic amines is 2. The van der Waals surface area contributed by atoms with Gasteiger partial charge in [-0.3, -0.25) is 14.7 Å². The molecule has 0 aliphatic rings. The van der Waals surface area contributed by atoms with E-state index in [2.05, 4.69) is 41.5 Å². The summed E-state index contributed by atoms with van der Waals surface area (Å²) >= 11 is 0. The standard InChI is InChI=1S/C20H21N9O2/c21-9-8-14(12-4-2-1-3-5-12)20(31)22-13-6-7-16-15(10-13)19(27-24-16)23-18(30)11-17-25-28-29-26-17/h1-7,10,14H,8-9,11,21H2,(H,22,31)(H2,23,24,27,30)(H,25,26,28,29). The molecule has 4 rings (SSSR count). The SMILES string of the molecule is NCCC(C(=O)Nc1ccc2[nH]nc(NC(=O)Cc3nn[nH]n3)c2c1)c1ccccc1. The molecular weight excluding hydrogens is 398 g/mol. The number of amides is 2. The third-order valence-electron chi connectivity index (χ3n) is 4.77. The van der Waals surface area contributed by atoms with Crippen LogP contribution in [0.25, 0.3) is 10.9 Å². The van der Waals surface area contributed by atoms with Crippen molar-refractivity contribution in [3.63, 3.8) is 0 Å². The molecule has 0 fully saturated rings. The molecule has 2 heterocycles. The number of anilines is 2. The van der Waals surface area contributed by atoms with Crippen molar-refractivity contribution in [2.24, 2.45) is 5.73 Å². The number of nitrogens with one attached hydrogen (secondary N) is 4. The van der Waals surface area contributed by atoms with Crippen molar-refractivity contribution in [2.45, 2.75) is 18.8 Å². The van der Waals surface area contributed by atoms with Crippen molar-refractivity contribution in [2.75, 3.05) is 17.2 Å². The van der Waals surface area contributed by atoms with Gasteiger partial charge in [-0.15, -0.1) is 10.2 Å². The lowest BCUT2D eigenvalue weighted by Gasteiger charge is -2.16. The Morgan fingerprint density at radius 1 is 1.06 bits per heavy atom. The molecule has 1 unspecified atom stereocenters. The molecule has 31 heavy (non-hydrogen) atoms. The quantitative estimate of drug-likeness (QED) is 0.287. The molecule has 6 N–H and O–H groups in total. The Hall–Kier alpha value is -4.12. The minimum absolute atomic E-state index is 0.0425. The highest BCUT2D eigenvalue weighted by Gasteiger charge is 2.20. The number of hydrogen-bond acceptors (Lipinski definition) is 7. The molecule has 2 aromatic carbocycles. The summed E-state index contributed by atoms with van der Waals surface area (Å²) in [7, 11) is 0. The lowest BCUT2D eigenvalue weighted by molar-refractivity contribution is -0.118. The van der Waals surface area contributed by atoms with Crippen LogP contribution in [-0.2, 0) is 16.0 Å². The summed E-state index contributed by atoms with van der Waals surface area (Å²) in [5.74, 6) is -0.225. The summed E-state index contributed by atoms with van der Waals surface area (Å²) in [6.45, 7) is 0.393. The summed E-state index contributed by atoms with van der Waals surface area (Å²) in [4.78, 5) is 25.2. The van der Waals surface area contributed by atoms with Gasteiger partial charge in [-0.1, -0.05) is 35.5 Å². The van der Waals surface area contributed by atoms with Crippen LogP contribution in [0.15, 0.2) is 48.5 Å². The Bertz CT molecular complexity index is 1170. The van der Waals surface area contributed by atoms with Gasteiger partial charge in [0, 0.05) is 11.1 Å². The van der Waals surface area contributed by atoms with E-state index in [1.807, 2.05) is 30.3 Å². The van der Waals surface area contributed by atoms with Gasteiger partial charge < -0.3 is 16.4 Å². The van der Waals surface area contributed by atoms with Crippen LogP contribution in [-0.4, -0.2) is 49.2 Å². The van der Waals surface area contributed by atoms with Crippen LogP contribution in [0.5, 0.6) is 0 Å². The monoisotopic (exact) mass is 419 g/mol. The molecule has 0 saturated heterocycles.